The first-order valence-corrected chi connectivity index (χ1v) is 7.42. The molecule has 132 valence electrons. The van der Waals surface area contributed by atoms with Crippen molar-refractivity contribution in [2.24, 2.45) is 5.92 Å². The van der Waals surface area contributed by atoms with Gasteiger partial charge in [-0.15, -0.1) is 0 Å². The summed E-state index contributed by atoms with van der Waals surface area (Å²) in [5, 5.41) is 12.2. The van der Waals surface area contributed by atoms with Crippen LogP contribution in [0.3, 0.4) is 0 Å². The molecule has 0 bridgehead atoms. The summed E-state index contributed by atoms with van der Waals surface area (Å²) in [4.78, 5) is 28.2. The molecule has 2 rings (SSSR count). The summed E-state index contributed by atoms with van der Waals surface area (Å²) in [6.45, 7) is -0.0338. The van der Waals surface area contributed by atoms with Crippen molar-refractivity contribution >= 4 is 23.4 Å². The van der Waals surface area contributed by atoms with Gasteiger partial charge in [0.1, 0.15) is 5.69 Å². The molecule has 1 aliphatic rings. The molecule has 1 aliphatic heterocycles. The van der Waals surface area contributed by atoms with Crippen molar-refractivity contribution in [2.45, 2.75) is 18.7 Å². The Morgan fingerprint density at radius 2 is 2.12 bits per heavy atom. The molecular formula is C14H15ClF3N3O3. The second kappa shape index (κ2) is 6.94. The minimum Gasteiger partial charge on any atom is -0.391 e. The van der Waals surface area contributed by atoms with Crippen molar-refractivity contribution in [3.63, 3.8) is 0 Å². The first-order chi connectivity index (χ1) is 11.1. The molecule has 0 unspecified atom stereocenters. The number of nitrogens with one attached hydrogen (secondary N) is 1. The molecule has 1 aromatic heterocycles. The Bertz CT molecular complexity index is 654. The van der Waals surface area contributed by atoms with Crippen LogP contribution in [0.1, 0.15) is 22.5 Å². The minimum absolute atomic E-state index is 0.0132. The molecule has 1 saturated heterocycles. The van der Waals surface area contributed by atoms with E-state index in [9.17, 15) is 27.9 Å². The number of alkyl halides is 3. The number of aliphatic hydroxyl groups excluding tert-OH is 1. The molecule has 2 N–H and O–H groups in total. The second-order valence-corrected chi connectivity index (χ2v) is 5.87. The van der Waals surface area contributed by atoms with E-state index in [-0.39, 0.29) is 36.0 Å². The number of aromatic nitrogens is 1. The largest absolute Gasteiger partial charge is 0.433 e. The number of hydrogen-bond acceptors (Lipinski definition) is 4. The van der Waals surface area contributed by atoms with Gasteiger partial charge in [-0.25, -0.2) is 0 Å². The van der Waals surface area contributed by atoms with Gasteiger partial charge in [0.25, 0.3) is 5.91 Å². The van der Waals surface area contributed by atoms with Crippen molar-refractivity contribution in [2.75, 3.05) is 20.1 Å². The number of halogens is 4. The van der Waals surface area contributed by atoms with Crippen molar-refractivity contribution in [1.29, 1.82) is 0 Å². The zero-order valence-corrected chi connectivity index (χ0v) is 13.4. The van der Waals surface area contributed by atoms with Gasteiger partial charge >= 0.3 is 6.18 Å². The van der Waals surface area contributed by atoms with Gasteiger partial charge in [-0.2, -0.15) is 13.2 Å². The van der Waals surface area contributed by atoms with E-state index >= 15 is 0 Å². The lowest BCUT2D eigenvalue weighted by Crippen LogP contribution is -2.30. The van der Waals surface area contributed by atoms with Crippen LogP contribution in [0, 0.1) is 5.92 Å². The number of pyridine rings is 1. The van der Waals surface area contributed by atoms with E-state index in [1.165, 1.54) is 11.9 Å². The van der Waals surface area contributed by atoms with Gasteiger partial charge in [0, 0.05) is 38.7 Å². The molecule has 24 heavy (non-hydrogen) atoms. The molecule has 2 atom stereocenters. The van der Waals surface area contributed by atoms with E-state index in [0.29, 0.717) is 6.07 Å². The Hall–Kier alpha value is -1.87. The summed E-state index contributed by atoms with van der Waals surface area (Å²) < 4.78 is 38.2. The number of hydrogen-bond donors (Lipinski definition) is 2. The normalized spacial score (nSPS) is 21.0. The maximum absolute atomic E-state index is 12.7. The SMILES string of the molecule is CNC(=O)C[C@@H]1CN(C(=O)c2cc(C(F)(F)F)ncc2Cl)C[C@H]1O. The van der Waals surface area contributed by atoms with Crippen molar-refractivity contribution < 1.29 is 27.9 Å². The summed E-state index contributed by atoms with van der Waals surface area (Å²) in [5.74, 6) is -1.53. The third-order valence-electron chi connectivity index (χ3n) is 3.80. The quantitative estimate of drug-likeness (QED) is 0.846. The van der Waals surface area contributed by atoms with Gasteiger partial charge in [-0.1, -0.05) is 11.6 Å². The Kier molecular flexibility index (Phi) is 5.34. The predicted octanol–water partition coefficient (Wildman–Crippen LogP) is 1.32. The van der Waals surface area contributed by atoms with Crippen LogP contribution in [0.15, 0.2) is 12.3 Å². The van der Waals surface area contributed by atoms with Gasteiger partial charge < -0.3 is 15.3 Å². The fourth-order valence-corrected chi connectivity index (χ4v) is 2.67. The number of rotatable bonds is 3. The molecule has 6 nitrogen and oxygen atoms in total. The molecular weight excluding hydrogens is 351 g/mol. The maximum atomic E-state index is 12.7. The van der Waals surface area contributed by atoms with Gasteiger partial charge in [-0.05, 0) is 6.07 Å². The van der Waals surface area contributed by atoms with Gasteiger partial charge in [0.2, 0.25) is 5.91 Å². The van der Waals surface area contributed by atoms with Crippen LogP contribution in [0.25, 0.3) is 0 Å². The predicted molar refractivity (Wildman–Crippen MR) is 78.3 cm³/mol. The lowest BCUT2D eigenvalue weighted by atomic mass is 10.0. The van der Waals surface area contributed by atoms with Crippen LogP contribution in [-0.2, 0) is 11.0 Å². The van der Waals surface area contributed by atoms with Gasteiger partial charge in [0.15, 0.2) is 0 Å². The average Bonchev–Trinajstić information content (AvgIpc) is 2.86. The van der Waals surface area contributed by atoms with E-state index in [2.05, 4.69) is 10.3 Å². The lowest BCUT2D eigenvalue weighted by Gasteiger charge is -2.17. The van der Waals surface area contributed by atoms with Gasteiger partial charge in [0.05, 0.1) is 16.7 Å². The molecule has 1 fully saturated rings. The zero-order chi connectivity index (χ0) is 18.1. The van der Waals surface area contributed by atoms with Crippen LogP contribution >= 0.6 is 11.6 Å². The van der Waals surface area contributed by atoms with Crippen LogP contribution in [-0.4, -0.2) is 53.0 Å². The Labute approximate surface area is 140 Å². The highest BCUT2D eigenvalue weighted by Crippen LogP contribution is 2.31. The number of carbonyl (C=O) groups is 2. The monoisotopic (exact) mass is 365 g/mol. The highest BCUT2D eigenvalue weighted by molar-refractivity contribution is 6.33. The molecule has 1 aromatic rings. The smallest absolute Gasteiger partial charge is 0.391 e. The summed E-state index contributed by atoms with van der Waals surface area (Å²) in [7, 11) is 1.45. The summed E-state index contributed by atoms with van der Waals surface area (Å²) in [6, 6.07) is 0.586. The molecule has 0 saturated carbocycles. The lowest BCUT2D eigenvalue weighted by molar-refractivity contribution is -0.141. The molecule has 2 heterocycles. The fourth-order valence-electron chi connectivity index (χ4n) is 2.49. The minimum atomic E-state index is -4.70. The second-order valence-electron chi connectivity index (χ2n) is 5.46. The molecule has 2 amide bonds. The Morgan fingerprint density at radius 1 is 1.46 bits per heavy atom. The Morgan fingerprint density at radius 3 is 2.71 bits per heavy atom. The van der Waals surface area contributed by atoms with Crippen LogP contribution in [0.2, 0.25) is 5.02 Å². The van der Waals surface area contributed by atoms with Crippen LogP contribution in [0.5, 0.6) is 0 Å². The van der Waals surface area contributed by atoms with Gasteiger partial charge in [-0.3, -0.25) is 14.6 Å². The summed E-state index contributed by atoms with van der Waals surface area (Å²) in [6.07, 6.45) is -4.86. The standard InChI is InChI=1S/C14H15ClF3N3O3/c1-19-12(23)2-7-5-21(6-10(7)22)13(24)8-3-11(14(16,17)18)20-4-9(8)15/h3-4,7,10,22H,2,5-6H2,1H3,(H,19,23)/t7-,10-/m1/s1. The average molecular weight is 366 g/mol. The number of aliphatic hydroxyl groups is 1. The van der Waals surface area contributed by atoms with Crippen molar-refractivity contribution in [3.8, 4) is 0 Å². The van der Waals surface area contributed by atoms with Crippen LogP contribution < -0.4 is 5.32 Å². The first-order valence-electron chi connectivity index (χ1n) is 7.04. The molecule has 0 spiro atoms. The molecule has 0 radical (unpaired) electrons. The Balaban J connectivity index is 2.19. The number of β-amino-alcohol motifs (C(OH)–C–C–N with tert-alkyl or cyclic N) is 1. The van der Waals surface area contributed by atoms with E-state index in [0.717, 1.165) is 6.20 Å². The van der Waals surface area contributed by atoms with E-state index in [4.69, 9.17) is 11.6 Å². The zero-order valence-electron chi connectivity index (χ0n) is 12.6. The maximum Gasteiger partial charge on any atom is 0.433 e. The highest BCUT2D eigenvalue weighted by atomic mass is 35.5. The highest BCUT2D eigenvalue weighted by Gasteiger charge is 2.38. The van der Waals surface area contributed by atoms with Crippen LogP contribution in [0.4, 0.5) is 13.2 Å². The van der Waals surface area contributed by atoms with E-state index in [1.807, 2.05) is 0 Å². The number of amides is 2. The topological polar surface area (TPSA) is 82.5 Å². The molecule has 0 aliphatic carbocycles. The molecule has 0 aromatic carbocycles. The fraction of sp³-hybridized carbons (Fsp3) is 0.500. The summed E-state index contributed by atoms with van der Waals surface area (Å²) in [5.41, 5.74) is -1.57. The number of nitrogens with zero attached hydrogens (tertiary/aromatic N) is 2. The third-order valence-corrected chi connectivity index (χ3v) is 4.10. The van der Waals surface area contributed by atoms with Crippen molar-refractivity contribution in [3.05, 3.63) is 28.5 Å². The first kappa shape index (κ1) is 18.5. The van der Waals surface area contributed by atoms with Crippen molar-refractivity contribution in [1.82, 2.24) is 15.2 Å². The number of likely N-dealkylation sites (tertiary alicyclic amines) is 1. The van der Waals surface area contributed by atoms with E-state index in [1.54, 1.807) is 0 Å². The molecule has 10 heteroatoms. The number of carbonyl (C=O) groups excluding carboxylic acids is 2. The van der Waals surface area contributed by atoms with E-state index < -0.39 is 29.8 Å². The summed E-state index contributed by atoms with van der Waals surface area (Å²) >= 11 is 5.80. The third kappa shape index (κ3) is 3.96.